The molecule has 0 unspecified atom stereocenters. The fourth-order valence-corrected chi connectivity index (χ4v) is 1.90. The second kappa shape index (κ2) is 7.50. The Balaban J connectivity index is 2.23. The minimum Gasteiger partial charge on any atom is -0.501 e. The van der Waals surface area contributed by atoms with Crippen molar-refractivity contribution in [3.05, 3.63) is 57.5 Å². The number of nitrogens with one attached hydrogen (secondary N) is 2. The largest absolute Gasteiger partial charge is 0.501 e. The molecule has 0 aliphatic rings. The van der Waals surface area contributed by atoms with Crippen molar-refractivity contribution in [2.24, 2.45) is 0 Å². The SMILES string of the molecule is COCCNC(=O)c1nc(Cc2ccc(F)cc2)[nH]c(=O)c1O. The van der Waals surface area contributed by atoms with Crippen molar-refractivity contribution in [1.82, 2.24) is 15.3 Å². The van der Waals surface area contributed by atoms with Gasteiger partial charge in [0.25, 0.3) is 11.5 Å². The molecule has 3 N–H and O–H groups in total. The van der Waals surface area contributed by atoms with Crippen LogP contribution in [-0.4, -0.2) is 41.2 Å². The summed E-state index contributed by atoms with van der Waals surface area (Å²) < 4.78 is 17.7. The molecule has 1 heterocycles. The number of carbonyl (C=O) groups excluding carboxylic acids is 1. The summed E-state index contributed by atoms with van der Waals surface area (Å²) in [5, 5.41) is 12.2. The van der Waals surface area contributed by atoms with Crippen LogP contribution in [0.1, 0.15) is 21.9 Å². The van der Waals surface area contributed by atoms with Crippen LogP contribution in [0.2, 0.25) is 0 Å². The molecular formula is C15H16FN3O4. The van der Waals surface area contributed by atoms with Gasteiger partial charge >= 0.3 is 0 Å². The molecule has 122 valence electrons. The lowest BCUT2D eigenvalue weighted by Gasteiger charge is -2.07. The first-order valence-electron chi connectivity index (χ1n) is 6.85. The summed E-state index contributed by atoms with van der Waals surface area (Å²) in [5.74, 6) is -1.61. The second-order valence-corrected chi connectivity index (χ2v) is 4.76. The Labute approximate surface area is 131 Å². The molecule has 0 fully saturated rings. The Morgan fingerprint density at radius 3 is 2.74 bits per heavy atom. The highest BCUT2D eigenvalue weighted by Crippen LogP contribution is 2.11. The fourth-order valence-electron chi connectivity index (χ4n) is 1.90. The van der Waals surface area contributed by atoms with Crippen LogP contribution in [0.15, 0.2) is 29.1 Å². The zero-order valence-electron chi connectivity index (χ0n) is 12.4. The zero-order valence-corrected chi connectivity index (χ0v) is 12.4. The molecular weight excluding hydrogens is 305 g/mol. The van der Waals surface area contributed by atoms with Crippen molar-refractivity contribution < 1.29 is 19.0 Å². The van der Waals surface area contributed by atoms with E-state index in [2.05, 4.69) is 15.3 Å². The van der Waals surface area contributed by atoms with Crippen molar-refractivity contribution in [3.8, 4) is 5.75 Å². The third-order valence-electron chi connectivity index (χ3n) is 3.04. The highest BCUT2D eigenvalue weighted by atomic mass is 19.1. The monoisotopic (exact) mass is 321 g/mol. The predicted molar refractivity (Wildman–Crippen MR) is 79.9 cm³/mol. The van der Waals surface area contributed by atoms with E-state index in [1.54, 1.807) is 12.1 Å². The van der Waals surface area contributed by atoms with Gasteiger partial charge in [-0.05, 0) is 17.7 Å². The fraction of sp³-hybridized carbons (Fsp3) is 0.267. The van der Waals surface area contributed by atoms with Gasteiger partial charge in [-0.15, -0.1) is 0 Å². The van der Waals surface area contributed by atoms with Gasteiger partial charge < -0.3 is 20.1 Å². The smallest absolute Gasteiger partial charge is 0.293 e. The van der Waals surface area contributed by atoms with Crippen molar-refractivity contribution >= 4 is 5.91 Å². The molecule has 1 aromatic carbocycles. The number of aromatic hydroxyl groups is 1. The third kappa shape index (κ3) is 4.36. The molecule has 2 aromatic rings. The highest BCUT2D eigenvalue weighted by molar-refractivity contribution is 5.94. The normalized spacial score (nSPS) is 10.5. The number of H-pyrrole nitrogens is 1. The van der Waals surface area contributed by atoms with Crippen LogP contribution in [0, 0.1) is 5.82 Å². The summed E-state index contributed by atoms with van der Waals surface area (Å²) in [6, 6.07) is 5.65. The topological polar surface area (TPSA) is 104 Å². The Kier molecular flexibility index (Phi) is 5.42. The Hall–Kier alpha value is -2.74. The molecule has 7 nitrogen and oxygen atoms in total. The van der Waals surface area contributed by atoms with E-state index < -0.39 is 17.2 Å². The van der Waals surface area contributed by atoms with Gasteiger partial charge in [0.05, 0.1) is 6.61 Å². The van der Waals surface area contributed by atoms with Crippen LogP contribution in [0.5, 0.6) is 5.75 Å². The molecule has 2 rings (SSSR count). The summed E-state index contributed by atoms with van der Waals surface area (Å²) in [5.41, 5.74) is -0.470. The van der Waals surface area contributed by atoms with E-state index in [9.17, 15) is 19.1 Å². The highest BCUT2D eigenvalue weighted by Gasteiger charge is 2.17. The Morgan fingerprint density at radius 2 is 2.09 bits per heavy atom. The van der Waals surface area contributed by atoms with E-state index in [0.717, 1.165) is 0 Å². The van der Waals surface area contributed by atoms with Gasteiger partial charge in [-0.3, -0.25) is 9.59 Å². The first kappa shape index (κ1) is 16.6. The van der Waals surface area contributed by atoms with E-state index in [1.165, 1.54) is 19.2 Å². The lowest BCUT2D eigenvalue weighted by atomic mass is 10.1. The standard InChI is InChI=1S/C15H16FN3O4/c1-23-7-6-17-14(21)12-13(20)15(22)19-11(18-12)8-9-2-4-10(16)5-3-9/h2-5,20H,6-8H2,1H3,(H,17,21)(H,18,19,22). The zero-order chi connectivity index (χ0) is 16.8. The van der Waals surface area contributed by atoms with Crippen LogP contribution in [0.4, 0.5) is 4.39 Å². The Morgan fingerprint density at radius 1 is 1.39 bits per heavy atom. The number of rotatable bonds is 6. The summed E-state index contributed by atoms with van der Waals surface area (Å²) in [6.07, 6.45) is 0.189. The van der Waals surface area contributed by atoms with E-state index in [-0.39, 0.29) is 36.9 Å². The Bertz CT molecular complexity index is 743. The maximum Gasteiger partial charge on any atom is 0.293 e. The van der Waals surface area contributed by atoms with Gasteiger partial charge in [0, 0.05) is 20.1 Å². The number of methoxy groups -OCH3 is 1. The lowest BCUT2D eigenvalue weighted by Crippen LogP contribution is -2.30. The molecule has 0 saturated heterocycles. The first-order chi connectivity index (χ1) is 11.0. The van der Waals surface area contributed by atoms with Crippen LogP contribution in [0.25, 0.3) is 0 Å². The summed E-state index contributed by atoms with van der Waals surface area (Å²) in [7, 11) is 1.48. The minimum atomic E-state index is -0.811. The van der Waals surface area contributed by atoms with Crippen molar-refractivity contribution in [2.45, 2.75) is 6.42 Å². The van der Waals surface area contributed by atoms with E-state index in [4.69, 9.17) is 4.74 Å². The average Bonchev–Trinajstić information content (AvgIpc) is 2.53. The van der Waals surface area contributed by atoms with Gasteiger partial charge in [-0.2, -0.15) is 0 Å². The van der Waals surface area contributed by atoms with Crippen LogP contribution < -0.4 is 10.9 Å². The van der Waals surface area contributed by atoms with E-state index in [1.807, 2.05) is 0 Å². The van der Waals surface area contributed by atoms with Gasteiger partial charge in [0.15, 0.2) is 5.69 Å². The average molecular weight is 321 g/mol. The van der Waals surface area contributed by atoms with Crippen LogP contribution >= 0.6 is 0 Å². The molecule has 0 aliphatic heterocycles. The van der Waals surface area contributed by atoms with Gasteiger partial charge in [-0.25, -0.2) is 9.37 Å². The number of aromatic nitrogens is 2. The molecule has 1 amide bonds. The molecule has 8 heteroatoms. The summed E-state index contributed by atoms with van der Waals surface area (Å²) >= 11 is 0. The number of hydrogen-bond donors (Lipinski definition) is 3. The number of carbonyl (C=O) groups is 1. The molecule has 0 atom stereocenters. The number of ether oxygens (including phenoxy) is 1. The van der Waals surface area contributed by atoms with E-state index >= 15 is 0 Å². The summed E-state index contributed by atoms with van der Waals surface area (Å²) in [4.78, 5) is 30.0. The molecule has 0 spiro atoms. The molecule has 1 aromatic heterocycles. The number of aromatic amines is 1. The number of amides is 1. The van der Waals surface area contributed by atoms with Crippen molar-refractivity contribution in [1.29, 1.82) is 0 Å². The maximum atomic E-state index is 12.9. The second-order valence-electron chi connectivity index (χ2n) is 4.76. The van der Waals surface area contributed by atoms with Crippen LogP contribution in [-0.2, 0) is 11.2 Å². The molecule has 0 bridgehead atoms. The van der Waals surface area contributed by atoms with Crippen LogP contribution in [0.3, 0.4) is 0 Å². The van der Waals surface area contributed by atoms with Gasteiger partial charge in [0.1, 0.15) is 11.6 Å². The lowest BCUT2D eigenvalue weighted by molar-refractivity contribution is 0.0928. The van der Waals surface area contributed by atoms with Gasteiger partial charge in [-0.1, -0.05) is 12.1 Å². The molecule has 0 aliphatic carbocycles. The number of halogens is 1. The van der Waals surface area contributed by atoms with E-state index in [0.29, 0.717) is 5.56 Å². The molecule has 23 heavy (non-hydrogen) atoms. The quantitative estimate of drug-likeness (QED) is 0.675. The van der Waals surface area contributed by atoms with Gasteiger partial charge in [0.2, 0.25) is 5.75 Å². The molecule has 0 radical (unpaired) electrons. The maximum absolute atomic E-state index is 12.9. The number of hydrogen-bond acceptors (Lipinski definition) is 5. The minimum absolute atomic E-state index is 0.189. The summed E-state index contributed by atoms with van der Waals surface area (Å²) in [6.45, 7) is 0.509. The molecule has 0 saturated carbocycles. The van der Waals surface area contributed by atoms with Crippen molar-refractivity contribution in [3.63, 3.8) is 0 Å². The predicted octanol–water partition coefficient (Wildman–Crippen LogP) is 0.582. The first-order valence-corrected chi connectivity index (χ1v) is 6.85. The number of benzene rings is 1. The van der Waals surface area contributed by atoms with Crippen molar-refractivity contribution in [2.75, 3.05) is 20.3 Å². The third-order valence-corrected chi connectivity index (χ3v) is 3.04. The number of nitrogens with zero attached hydrogens (tertiary/aromatic N) is 1.